The van der Waals surface area contributed by atoms with Gasteiger partial charge in [-0.05, 0) is 70.3 Å². The SMILES string of the molecule is COC(=O)C1CC(n2cc(-c3cnc4c(C5CCN(C)CC5)cccc4n3)c(C)n2)C1. The van der Waals surface area contributed by atoms with Crippen molar-refractivity contribution in [2.75, 3.05) is 27.2 Å². The quantitative estimate of drug-likeness (QED) is 0.600. The van der Waals surface area contributed by atoms with Crippen molar-refractivity contribution in [3.8, 4) is 11.3 Å². The second kappa shape index (κ2) is 8.04. The van der Waals surface area contributed by atoms with E-state index in [0.717, 1.165) is 53.9 Å². The first-order valence-electron chi connectivity index (χ1n) is 11.1. The summed E-state index contributed by atoms with van der Waals surface area (Å²) < 4.78 is 6.82. The summed E-state index contributed by atoms with van der Waals surface area (Å²) in [5, 5.41) is 4.70. The molecule has 0 N–H and O–H groups in total. The van der Waals surface area contributed by atoms with Gasteiger partial charge >= 0.3 is 5.97 Å². The molecule has 0 bridgehead atoms. The monoisotopic (exact) mass is 419 g/mol. The zero-order valence-corrected chi connectivity index (χ0v) is 18.4. The molecule has 31 heavy (non-hydrogen) atoms. The molecular formula is C24H29N5O2. The summed E-state index contributed by atoms with van der Waals surface area (Å²) in [6, 6.07) is 6.61. The topological polar surface area (TPSA) is 73.1 Å². The molecule has 0 amide bonds. The number of methoxy groups -OCH3 is 1. The van der Waals surface area contributed by atoms with Crippen molar-refractivity contribution in [2.45, 2.75) is 44.6 Å². The van der Waals surface area contributed by atoms with E-state index in [1.54, 1.807) is 0 Å². The molecule has 3 aromatic rings. The number of piperidine rings is 1. The standard InChI is InChI=1S/C24H29N5O2/c1-15-20(14-29(27-15)18-11-17(12-18)24(30)31-3)22-13-25-23-19(5-4-6-21(23)26-22)16-7-9-28(2)10-8-16/h4-6,13-14,16-18H,7-12H2,1-3H3. The van der Waals surface area contributed by atoms with E-state index < -0.39 is 0 Å². The Kier molecular flexibility index (Phi) is 5.22. The Bertz CT molecular complexity index is 1110. The zero-order valence-electron chi connectivity index (χ0n) is 18.4. The summed E-state index contributed by atoms with van der Waals surface area (Å²) in [6.07, 6.45) is 7.81. The lowest BCUT2D eigenvalue weighted by Gasteiger charge is -2.33. The van der Waals surface area contributed by atoms with E-state index in [1.807, 2.05) is 24.0 Å². The third kappa shape index (κ3) is 3.71. The van der Waals surface area contributed by atoms with E-state index in [2.05, 4.69) is 30.1 Å². The third-order valence-electron chi connectivity index (χ3n) is 6.98. The first-order chi connectivity index (χ1) is 15.0. The highest BCUT2D eigenvalue weighted by Crippen LogP contribution is 2.39. The lowest BCUT2D eigenvalue weighted by atomic mass is 9.80. The average molecular weight is 420 g/mol. The van der Waals surface area contributed by atoms with Crippen molar-refractivity contribution in [3.63, 3.8) is 0 Å². The van der Waals surface area contributed by atoms with Gasteiger partial charge in [0, 0.05) is 11.8 Å². The number of aryl methyl sites for hydroxylation is 1. The van der Waals surface area contributed by atoms with Gasteiger partial charge in [0.15, 0.2) is 0 Å². The molecule has 3 heterocycles. The summed E-state index contributed by atoms with van der Waals surface area (Å²) in [7, 11) is 3.63. The number of likely N-dealkylation sites (tertiary alicyclic amines) is 1. The van der Waals surface area contributed by atoms with Gasteiger partial charge in [0.25, 0.3) is 0 Å². The van der Waals surface area contributed by atoms with Crippen molar-refractivity contribution >= 4 is 17.0 Å². The van der Waals surface area contributed by atoms with Gasteiger partial charge in [-0.25, -0.2) is 4.98 Å². The highest BCUT2D eigenvalue weighted by atomic mass is 16.5. The minimum Gasteiger partial charge on any atom is -0.469 e. The van der Waals surface area contributed by atoms with E-state index in [0.29, 0.717) is 5.92 Å². The van der Waals surface area contributed by atoms with Crippen LogP contribution in [0.1, 0.15) is 48.9 Å². The Hall–Kier alpha value is -2.80. The van der Waals surface area contributed by atoms with Crippen LogP contribution in [0.4, 0.5) is 0 Å². The van der Waals surface area contributed by atoms with Gasteiger partial charge in [-0.2, -0.15) is 5.10 Å². The molecule has 0 atom stereocenters. The predicted molar refractivity (Wildman–Crippen MR) is 119 cm³/mol. The first kappa shape index (κ1) is 20.1. The van der Waals surface area contributed by atoms with Gasteiger partial charge in [-0.3, -0.25) is 14.5 Å². The number of hydrogen-bond donors (Lipinski definition) is 0. The molecule has 5 rings (SSSR count). The smallest absolute Gasteiger partial charge is 0.308 e. The molecule has 1 aliphatic heterocycles. The fourth-order valence-corrected chi connectivity index (χ4v) is 4.93. The molecule has 1 aliphatic carbocycles. The normalized spacial score (nSPS) is 22.4. The van der Waals surface area contributed by atoms with Gasteiger partial charge < -0.3 is 9.64 Å². The number of esters is 1. The van der Waals surface area contributed by atoms with Crippen LogP contribution in [-0.2, 0) is 9.53 Å². The van der Waals surface area contributed by atoms with Gasteiger partial charge in [0.05, 0.1) is 47.7 Å². The number of ether oxygens (including phenoxy) is 1. The number of benzene rings is 1. The predicted octanol–water partition coefficient (Wildman–Crippen LogP) is 3.74. The van der Waals surface area contributed by atoms with Crippen LogP contribution >= 0.6 is 0 Å². The van der Waals surface area contributed by atoms with Crippen LogP contribution in [0.2, 0.25) is 0 Å². The van der Waals surface area contributed by atoms with Crippen molar-refractivity contribution < 1.29 is 9.53 Å². The molecule has 7 nitrogen and oxygen atoms in total. The van der Waals surface area contributed by atoms with E-state index in [-0.39, 0.29) is 17.9 Å². The summed E-state index contributed by atoms with van der Waals surface area (Å²) in [5.74, 6) is 0.411. The minimum absolute atomic E-state index is 0.0126. The first-order valence-corrected chi connectivity index (χ1v) is 11.1. The van der Waals surface area contributed by atoms with Crippen molar-refractivity contribution in [1.29, 1.82) is 0 Å². The summed E-state index contributed by atoms with van der Waals surface area (Å²) in [4.78, 5) is 23.9. The number of nitrogens with zero attached hydrogens (tertiary/aromatic N) is 5. The van der Waals surface area contributed by atoms with E-state index in [9.17, 15) is 4.79 Å². The molecule has 2 aromatic heterocycles. The molecule has 0 radical (unpaired) electrons. The molecule has 2 fully saturated rings. The van der Waals surface area contributed by atoms with Crippen LogP contribution in [0.15, 0.2) is 30.6 Å². The van der Waals surface area contributed by atoms with Crippen LogP contribution in [0.3, 0.4) is 0 Å². The van der Waals surface area contributed by atoms with Crippen LogP contribution in [0.5, 0.6) is 0 Å². The third-order valence-corrected chi connectivity index (χ3v) is 6.98. The lowest BCUT2D eigenvalue weighted by Crippen LogP contribution is -2.33. The fourth-order valence-electron chi connectivity index (χ4n) is 4.93. The Morgan fingerprint density at radius 2 is 1.97 bits per heavy atom. The largest absolute Gasteiger partial charge is 0.469 e. The van der Waals surface area contributed by atoms with Crippen LogP contribution in [0, 0.1) is 12.8 Å². The highest BCUT2D eigenvalue weighted by molar-refractivity contribution is 5.81. The highest BCUT2D eigenvalue weighted by Gasteiger charge is 2.37. The molecule has 0 unspecified atom stereocenters. The van der Waals surface area contributed by atoms with Gasteiger partial charge in [0.1, 0.15) is 0 Å². The molecule has 1 aromatic carbocycles. The van der Waals surface area contributed by atoms with Crippen molar-refractivity contribution in [1.82, 2.24) is 24.6 Å². The van der Waals surface area contributed by atoms with Gasteiger partial charge in [0.2, 0.25) is 0 Å². The molecule has 1 saturated heterocycles. The number of rotatable bonds is 4. The van der Waals surface area contributed by atoms with Crippen LogP contribution in [-0.4, -0.2) is 57.9 Å². The molecule has 7 heteroatoms. The summed E-state index contributed by atoms with van der Waals surface area (Å²) >= 11 is 0. The summed E-state index contributed by atoms with van der Waals surface area (Å²) in [6.45, 7) is 4.26. The number of fused-ring (bicyclic) bond motifs is 1. The van der Waals surface area contributed by atoms with Crippen molar-refractivity contribution in [3.05, 3.63) is 41.9 Å². The Morgan fingerprint density at radius 1 is 1.19 bits per heavy atom. The van der Waals surface area contributed by atoms with E-state index in [4.69, 9.17) is 19.8 Å². The van der Waals surface area contributed by atoms with Crippen molar-refractivity contribution in [2.24, 2.45) is 5.92 Å². The van der Waals surface area contributed by atoms with Crippen LogP contribution in [0.25, 0.3) is 22.3 Å². The number of carbonyl (C=O) groups is 1. The maximum absolute atomic E-state index is 11.7. The lowest BCUT2D eigenvalue weighted by molar-refractivity contribution is -0.149. The Balaban J connectivity index is 1.40. The van der Waals surface area contributed by atoms with E-state index in [1.165, 1.54) is 25.5 Å². The molecule has 162 valence electrons. The fraction of sp³-hybridized carbons (Fsp3) is 0.500. The molecule has 0 spiro atoms. The second-order valence-corrected chi connectivity index (χ2v) is 9.00. The number of carbonyl (C=O) groups excluding carboxylic acids is 1. The Labute approximate surface area is 182 Å². The minimum atomic E-state index is -0.124. The number of aromatic nitrogens is 4. The number of hydrogen-bond acceptors (Lipinski definition) is 6. The Morgan fingerprint density at radius 3 is 2.71 bits per heavy atom. The maximum atomic E-state index is 11.7. The maximum Gasteiger partial charge on any atom is 0.308 e. The van der Waals surface area contributed by atoms with Gasteiger partial charge in [-0.1, -0.05) is 12.1 Å². The van der Waals surface area contributed by atoms with Crippen LogP contribution < -0.4 is 0 Å². The van der Waals surface area contributed by atoms with Gasteiger partial charge in [-0.15, -0.1) is 0 Å². The van der Waals surface area contributed by atoms with E-state index >= 15 is 0 Å². The second-order valence-electron chi connectivity index (χ2n) is 9.00. The zero-order chi connectivity index (χ0) is 21.5. The average Bonchev–Trinajstić information content (AvgIpc) is 3.13. The molecule has 2 aliphatic rings. The molecule has 1 saturated carbocycles. The summed E-state index contributed by atoms with van der Waals surface area (Å²) in [5.41, 5.74) is 6.06. The molecular weight excluding hydrogens is 390 g/mol. The number of para-hydroxylation sites is 1.